The zero-order valence-electron chi connectivity index (χ0n) is 15.1. The van der Waals surface area contributed by atoms with Gasteiger partial charge in [0, 0.05) is 24.5 Å². The Morgan fingerprint density at radius 1 is 1.16 bits per heavy atom. The first-order chi connectivity index (χ1) is 12.0. The number of benzene rings is 1. The Hall–Kier alpha value is -2.76. The van der Waals surface area contributed by atoms with Crippen molar-refractivity contribution in [3.63, 3.8) is 0 Å². The molecule has 25 heavy (non-hydrogen) atoms. The summed E-state index contributed by atoms with van der Waals surface area (Å²) in [5, 5.41) is 6.13. The maximum atomic E-state index is 12.5. The van der Waals surface area contributed by atoms with E-state index in [4.69, 9.17) is 9.47 Å². The first-order valence-corrected chi connectivity index (χ1v) is 8.26. The molecule has 1 amide bonds. The molecule has 6 heteroatoms. The van der Waals surface area contributed by atoms with Crippen molar-refractivity contribution in [2.45, 2.75) is 20.3 Å². The second-order valence-electron chi connectivity index (χ2n) is 6.06. The molecule has 2 N–H and O–H groups in total. The van der Waals surface area contributed by atoms with E-state index in [1.807, 2.05) is 6.07 Å². The second-order valence-corrected chi connectivity index (χ2v) is 6.06. The lowest BCUT2D eigenvalue weighted by atomic mass is 10.1. The van der Waals surface area contributed by atoms with Gasteiger partial charge in [0.2, 0.25) is 0 Å². The summed E-state index contributed by atoms with van der Waals surface area (Å²) in [6, 6.07) is 8.80. The average Bonchev–Trinajstić information content (AvgIpc) is 2.62. The third kappa shape index (κ3) is 5.38. The summed E-state index contributed by atoms with van der Waals surface area (Å²) < 4.78 is 10.5. The van der Waals surface area contributed by atoms with Gasteiger partial charge in [-0.3, -0.25) is 9.78 Å². The molecule has 0 aliphatic rings. The number of anilines is 2. The van der Waals surface area contributed by atoms with Crippen molar-refractivity contribution in [3.8, 4) is 11.5 Å². The molecule has 1 aromatic heterocycles. The summed E-state index contributed by atoms with van der Waals surface area (Å²) in [4.78, 5) is 16.6. The van der Waals surface area contributed by atoms with E-state index < -0.39 is 0 Å². The standard InChI is InChI=1S/C19H25N3O3/c1-13(2)7-9-20-14-8-10-21-17(11-14)19(23)22-16-6-5-15(24-3)12-18(16)25-4/h5-6,8,10-13H,7,9H2,1-4H3,(H,20,21)(H,22,23). The van der Waals surface area contributed by atoms with Crippen LogP contribution in [0.15, 0.2) is 36.5 Å². The second kappa shape index (κ2) is 8.92. The van der Waals surface area contributed by atoms with Crippen molar-refractivity contribution < 1.29 is 14.3 Å². The Balaban J connectivity index is 2.08. The quantitative estimate of drug-likeness (QED) is 0.762. The number of ether oxygens (including phenoxy) is 2. The number of hydrogen-bond donors (Lipinski definition) is 2. The van der Waals surface area contributed by atoms with E-state index in [2.05, 4.69) is 29.5 Å². The van der Waals surface area contributed by atoms with E-state index in [-0.39, 0.29) is 5.91 Å². The summed E-state index contributed by atoms with van der Waals surface area (Å²) in [6.07, 6.45) is 2.69. The van der Waals surface area contributed by atoms with E-state index in [1.54, 1.807) is 44.7 Å². The first-order valence-electron chi connectivity index (χ1n) is 8.26. The highest BCUT2D eigenvalue weighted by Gasteiger charge is 2.12. The van der Waals surface area contributed by atoms with E-state index in [9.17, 15) is 4.79 Å². The molecule has 0 saturated carbocycles. The van der Waals surface area contributed by atoms with E-state index in [0.29, 0.717) is 28.8 Å². The van der Waals surface area contributed by atoms with Crippen LogP contribution in [0.25, 0.3) is 0 Å². The van der Waals surface area contributed by atoms with Gasteiger partial charge in [-0.25, -0.2) is 0 Å². The molecule has 1 aromatic carbocycles. The van der Waals surface area contributed by atoms with Crippen molar-refractivity contribution in [1.82, 2.24) is 4.98 Å². The molecule has 6 nitrogen and oxygen atoms in total. The van der Waals surface area contributed by atoms with Crippen molar-refractivity contribution in [1.29, 1.82) is 0 Å². The zero-order valence-corrected chi connectivity index (χ0v) is 15.1. The number of amides is 1. The van der Waals surface area contributed by atoms with Crippen molar-refractivity contribution in [2.24, 2.45) is 5.92 Å². The Labute approximate surface area is 148 Å². The fourth-order valence-electron chi connectivity index (χ4n) is 2.26. The highest BCUT2D eigenvalue weighted by Crippen LogP contribution is 2.29. The third-order valence-electron chi connectivity index (χ3n) is 3.70. The molecule has 2 aromatic rings. The average molecular weight is 343 g/mol. The molecule has 0 saturated heterocycles. The van der Waals surface area contributed by atoms with Gasteiger partial charge < -0.3 is 20.1 Å². The molecule has 0 radical (unpaired) electrons. The number of nitrogens with one attached hydrogen (secondary N) is 2. The van der Waals surface area contributed by atoms with Crippen LogP contribution in [0.1, 0.15) is 30.8 Å². The number of methoxy groups -OCH3 is 2. The van der Waals surface area contributed by atoms with Gasteiger partial charge in [-0.2, -0.15) is 0 Å². The lowest BCUT2D eigenvalue weighted by Crippen LogP contribution is -2.15. The minimum Gasteiger partial charge on any atom is -0.497 e. The lowest BCUT2D eigenvalue weighted by molar-refractivity contribution is 0.102. The number of nitrogens with zero attached hydrogens (tertiary/aromatic N) is 1. The topological polar surface area (TPSA) is 72.5 Å². The third-order valence-corrected chi connectivity index (χ3v) is 3.70. The molecule has 0 unspecified atom stereocenters. The van der Waals surface area contributed by atoms with E-state index in [0.717, 1.165) is 18.7 Å². The van der Waals surface area contributed by atoms with Crippen LogP contribution < -0.4 is 20.1 Å². The molecule has 0 aliphatic carbocycles. The number of rotatable bonds is 8. The van der Waals surface area contributed by atoms with Crippen LogP contribution in [0.3, 0.4) is 0 Å². The maximum absolute atomic E-state index is 12.5. The van der Waals surface area contributed by atoms with Crippen LogP contribution in [0.2, 0.25) is 0 Å². The molecular weight excluding hydrogens is 318 g/mol. The van der Waals surface area contributed by atoms with Gasteiger partial charge in [-0.1, -0.05) is 13.8 Å². The highest BCUT2D eigenvalue weighted by molar-refractivity contribution is 6.04. The van der Waals surface area contributed by atoms with Gasteiger partial charge >= 0.3 is 0 Å². The van der Waals surface area contributed by atoms with Gasteiger partial charge in [-0.05, 0) is 36.6 Å². The highest BCUT2D eigenvalue weighted by atomic mass is 16.5. The van der Waals surface area contributed by atoms with Crippen LogP contribution in [-0.4, -0.2) is 31.7 Å². The molecule has 0 fully saturated rings. The lowest BCUT2D eigenvalue weighted by Gasteiger charge is -2.12. The number of carbonyl (C=O) groups excluding carboxylic acids is 1. The van der Waals surface area contributed by atoms with E-state index >= 15 is 0 Å². The smallest absolute Gasteiger partial charge is 0.274 e. The van der Waals surface area contributed by atoms with Crippen LogP contribution in [0.4, 0.5) is 11.4 Å². The minimum atomic E-state index is -0.295. The molecule has 0 atom stereocenters. The Kier molecular flexibility index (Phi) is 6.62. The monoisotopic (exact) mass is 343 g/mol. The zero-order chi connectivity index (χ0) is 18.2. The number of carbonyl (C=O) groups is 1. The Morgan fingerprint density at radius 2 is 1.96 bits per heavy atom. The van der Waals surface area contributed by atoms with Crippen LogP contribution in [0, 0.1) is 5.92 Å². The molecule has 0 bridgehead atoms. The molecule has 0 spiro atoms. The fourth-order valence-corrected chi connectivity index (χ4v) is 2.26. The number of hydrogen-bond acceptors (Lipinski definition) is 5. The largest absolute Gasteiger partial charge is 0.497 e. The summed E-state index contributed by atoms with van der Waals surface area (Å²) in [5.41, 5.74) is 1.78. The molecule has 134 valence electrons. The number of aromatic nitrogens is 1. The predicted molar refractivity (Wildman–Crippen MR) is 99.7 cm³/mol. The normalized spacial score (nSPS) is 10.4. The first kappa shape index (κ1) is 18.6. The van der Waals surface area contributed by atoms with Gasteiger partial charge in [0.25, 0.3) is 5.91 Å². The predicted octanol–water partition coefficient (Wildman–Crippen LogP) is 3.81. The maximum Gasteiger partial charge on any atom is 0.274 e. The summed E-state index contributed by atoms with van der Waals surface area (Å²) in [5.74, 6) is 1.51. The molecule has 1 heterocycles. The van der Waals surface area contributed by atoms with Crippen LogP contribution in [0.5, 0.6) is 11.5 Å². The van der Waals surface area contributed by atoms with Crippen LogP contribution in [-0.2, 0) is 0 Å². The van der Waals surface area contributed by atoms with Gasteiger partial charge in [0.1, 0.15) is 17.2 Å². The number of pyridine rings is 1. The van der Waals surface area contributed by atoms with Crippen molar-refractivity contribution in [2.75, 3.05) is 31.4 Å². The van der Waals surface area contributed by atoms with Crippen LogP contribution >= 0.6 is 0 Å². The summed E-state index contributed by atoms with van der Waals surface area (Å²) in [7, 11) is 3.12. The van der Waals surface area contributed by atoms with Crippen molar-refractivity contribution in [3.05, 3.63) is 42.2 Å². The fraction of sp³-hybridized carbons (Fsp3) is 0.368. The minimum absolute atomic E-state index is 0.295. The van der Waals surface area contributed by atoms with E-state index in [1.165, 1.54) is 0 Å². The van der Waals surface area contributed by atoms with Gasteiger partial charge in [-0.15, -0.1) is 0 Å². The molecular formula is C19H25N3O3. The summed E-state index contributed by atoms with van der Waals surface area (Å²) in [6.45, 7) is 5.21. The SMILES string of the molecule is COc1ccc(NC(=O)c2cc(NCCC(C)C)ccn2)c(OC)c1. The Morgan fingerprint density at radius 3 is 2.64 bits per heavy atom. The van der Waals surface area contributed by atoms with Gasteiger partial charge in [0.15, 0.2) is 0 Å². The van der Waals surface area contributed by atoms with Crippen molar-refractivity contribution >= 4 is 17.3 Å². The molecule has 2 rings (SSSR count). The van der Waals surface area contributed by atoms with Gasteiger partial charge in [0.05, 0.1) is 19.9 Å². The summed E-state index contributed by atoms with van der Waals surface area (Å²) >= 11 is 0. The Bertz CT molecular complexity index is 717. The molecule has 0 aliphatic heterocycles.